The number of fused-ring (bicyclic) bond motifs is 1. The summed E-state index contributed by atoms with van der Waals surface area (Å²) in [5, 5.41) is 22.6. The summed E-state index contributed by atoms with van der Waals surface area (Å²) in [6, 6.07) is 11.7. The zero-order chi connectivity index (χ0) is 19.0. The first kappa shape index (κ1) is 18.5. The molecule has 1 aliphatic heterocycles. The van der Waals surface area contributed by atoms with E-state index >= 15 is 0 Å². The van der Waals surface area contributed by atoms with Crippen LogP contribution in [0.15, 0.2) is 36.4 Å². The van der Waals surface area contributed by atoms with Gasteiger partial charge in [-0.05, 0) is 42.8 Å². The number of hydrogen-bond acceptors (Lipinski definition) is 5. The van der Waals surface area contributed by atoms with Crippen LogP contribution in [0.2, 0.25) is 10.0 Å². The second kappa shape index (κ2) is 7.64. The van der Waals surface area contributed by atoms with Crippen molar-refractivity contribution in [1.29, 1.82) is 0 Å². The molecule has 0 radical (unpaired) electrons. The zero-order valence-corrected chi connectivity index (χ0v) is 16.5. The molecule has 1 aromatic heterocycles. The number of aliphatic hydroxyl groups excluding tert-OH is 1. The Labute approximate surface area is 167 Å². The minimum absolute atomic E-state index is 0.0803. The van der Waals surface area contributed by atoms with Crippen molar-refractivity contribution in [3.8, 4) is 0 Å². The molecule has 6 nitrogen and oxygen atoms in total. The summed E-state index contributed by atoms with van der Waals surface area (Å²) >= 11 is 12.4. The van der Waals surface area contributed by atoms with E-state index < -0.39 is 0 Å². The number of nitrogens with zero attached hydrogens (tertiary/aromatic N) is 4. The van der Waals surface area contributed by atoms with Crippen LogP contribution in [0.1, 0.15) is 18.5 Å². The van der Waals surface area contributed by atoms with Crippen LogP contribution in [0.5, 0.6) is 0 Å². The van der Waals surface area contributed by atoms with Crippen molar-refractivity contribution in [2.75, 3.05) is 31.1 Å². The number of anilines is 1. The number of rotatable bonds is 4. The highest BCUT2D eigenvalue weighted by Crippen LogP contribution is 2.31. The molecule has 2 heterocycles. The van der Waals surface area contributed by atoms with Gasteiger partial charge in [0.15, 0.2) is 0 Å². The third-order valence-electron chi connectivity index (χ3n) is 5.08. The molecule has 3 aromatic rings. The van der Waals surface area contributed by atoms with Crippen LogP contribution in [0.25, 0.3) is 11.0 Å². The highest BCUT2D eigenvalue weighted by molar-refractivity contribution is 6.35. The molecule has 0 spiro atoms. The van der Waals surface area contributed by atoms with Gasteiger partial charge in [0, 0.05) is 41.4 Å². The van der Waals surface area contributed by atoms with Crippen LogP contribution < -0.4 is 10.2 Å². The molecular formula is C19H21Cl2N5O. The third kappa shape index (κ3) is 3.62. The van der Waals surface area contributed by atoms with Gasteiger partial charge in [0.05, 0.1) is 18.2 Å². The molecule has 142 valence electrons. The number of halogens is 2. The summed E-state index contributed by atoms with van der Waals surface area (Å²) in [4.78, 5) is 2.27. The lowest BCUT2D eigenvalue weighted by Gasteiger charge is -2.34. The summed E-state index contributed by atoms with van der Waals surface area (Å²) in [6.07, 6.45) is 0. The number of piperazine rings is 1. The van der Waals surface area contributed by atoms with E-state index in [2.05, 4.69) is 32.7 Å². The fourth-order valence-electron chi connectivity index (χ4n) is 3.56. The van der Waals surface area contributed by atoms with E-state index in [4.69, 9.17) is 23.2 Å². The Morgan fingerprint density at radius 1 is 1.26 bits per heavy atom. The summed E-state index contributed by atoms with van der Waals surface area (Å²) < 4.78 is 1.89. The largest absolute Gasteiger partial charge is 0.395 e. The smallest absolute Gasteiger partial charge is 0.113 e. The van der Waals surface area contributed by atoms with Gasteiger partial charge in [0.2, 0.25) is 0 Å². The second-order valence-corrected chi connectivity index (χ2v) is 7.67. The lowest BCUT2D eigenvalue weighted by Crippen LogP contribution is -2.52. The predicted molar refractivity (Wildman–Crippen MR) is 109 cm³/mol. The van der Waals surface area contributed by atoms with E-state index in [1.807, 2.05) is 29.8 Å². The minimum atomic E-state index is -0.0803. The van der Waals surface area contributed by atoms with E-state index in [1.165, 1.54) is 0 Å². The number of nitrogens with one attached hydrogen (secondary N) is 1. The number of aromatic nitrogens is 3. The standard InChI is InChI=1S/C19H21Cl2N5O/c1-12(16-4-2-13(20)8-17(16)21)26-19-9-15(3-5-18(19)23-24-26)25-7-6-22-14(10-25)11-27/h2-5,8-9,12,14,22,27H,6-7,10-11H2,1H3/t12-,14+/m1/s1. The maximum Gasteiger partial charge on any atom is 0.113 e. The third-order valence-corrected chi connectivity index (χ3v) is 5.64. The molecule has 8 heteroatoms. The first-order valence-electron chi connectivity index (χ1n) is 8.96. The highest BCUT2D eigenvalue weighted by atomic mass is 35.5. The average molecular weight is 406 g/mol. The Balaban J connectivity index is 1.70. The SMILES string of the molecule is C[C@H](c1ccc(Cl)cc1Cl)n1nnc2ccc(N3CCN[C@H](CO)C3)cc21. The van der Waals surface area contributed by atoms with E-state index in [9.17, 15) is 5.11 Å². The molecule has 1 aliphatic rings. The van der Waals surface area contributed by atoms with Gasteiger partial charge in [-0.1, -0.05) is 34.5 Å². The fourth-order valence-corrected chi connectivity index (χ4v) is 4.13. The van der Waals surface area contributed by atoms with Gasteiger partial charge in [0.1, 0.15) is 5.52 Å². The van der Waals surface area contributed by atoms with E-state index in [1.54, 1.807) is 6.07 Å². The van der Waals surface area contributed by atoms with Crippen LogP contribution in [0.3, 0.4) is 0 Å². The van der Waals surface area contributed by atoms with Crippen molar-refractivity contribution in [2.45, 2.75) is 19.0 Å². The Hall–Kier alpha value is -1.86. The van der Waals surface area contributed by atoms with E-state index in [0.717, 1.165) is 41.9 Å². The average Bonchev–Trinajstić information content (AvgIpc) is 3.11. The normalized spacial score (nSPS) is 18.8. The summed E-state index contributed by atoms with van der Waals surface area (Å²) in [5.41, 5.74) is 3.83. The monoisotopic (exact) mass is 405 g/mol. The van der Waals surface area contributed by atoms with Crippen molar-refractivity contribution in [3.05, 3.63) is 52.0 Å². The minimum Gasteiger partial charge on any atom is -0.395 e. The molecule has 0 unspecified atom stereocenters. The zero-order valence-electron chi connectivity index (χ0n) is 14.9. The Kier molecular flexibility index (Phi) is 5.23. The molecule has 2 N–H and O–H groups in total. The summed E-state index contributed by atoms with van der Waals surface area (Å²) in [6.45, 7) is 4.68. The Bertz CT molecular complexity index is 960. The van der Waals surface area contributed by atoms with Crippen molar-refractivity contribution < 1.29 is 5.11 Å². The molecule has 2 aromatic carbocycles. The van der Waals surface area contributed by atoms with E-state index in [0.29, 0.717) is 10.0 Å². The number of benzene rings is 2. The quantitative estimate of drug-likeness (QED) is 0.697. The van der Waals surface area contributed by atoms with Gasteiger partial charge >= 0.3 is 0 Å². The molecule has 1 fully saturated rings. The van der Waals surface area contributed by atoms with Crippen molar-refractivity contribution in [3.63, 3.8) is 0 Å². The first-order valence-corrected chi connectivity index (χ1v) is 9.71. The van der Waals surface area contributed by atoms with Crippen LogP contribution in [0, 0.1) is 0 Å². The van der Waals surface area contributed by atoms with Gasteiger partial charge < -0.3 is 15.3 Å². The van der Waals surface area contributed by atoms with Gasteiger partial charge in [-0.3, -0.25) is 0 Å². The lowest BCUT2D eigenvalue weighted by molar-refractivity contribution is 0.235. The number of hydrogen-bond donors (Lipinski definition) is 2. The van der Waals surface area contributed by atoms with Crippen molar-refractivity contribution >= 4 is 39.9 Å². The topological polar surface area (TPSA) is 66.2 Å². The van der Waals surface area contributed by atoms with Crippen LogP contribution in [-0.2, 0) is 0 Å². The maximum atomic E-state index is 9.45. The Morgan fingerprint density at radius 3 is 2.89 bits per heavy atom. The molecule has 0 saturated carbocycles. The lowest BCUT2D eigenvalue weighted by atomic mass is 10.1. The second-order valence-electron chi connectivity index (χ2n) is 6.83. The van der Waals surface area contributed by atoms with Crippen molar-refractivity contribution in [1.82, 2.24) is 20.3 Å². The fraction of sp³-hybridized carbons (Fsp3) is 0.368. The van der Waals surface area contributed by atoms with Gasteiger partial charge in [-0.2, -0.15) is 0 Å². The molecular weight excluding hydrogens is 385 g/mol. The molecule has 1 saturated heterocycles. The van der Waals surface area contributed by atoms with Crippen LogP contribution in [0.4, 0.5) is 5.69 Å². The van der Waals surface area contributed by atoms with Gasteiger partial charge in [-0.15, -0.1) is 5.10 Å². The first-order chi connectivity index (χ1) is 13.1. The molecule has 4 rings (SSSR count). The summed E-state index contributed by atoms with van der Waals surface area (Å²) in [5.74, 6) is 0. The van der Waals surface area contributed by atoms with Crippen LogP contribution in [-0.4, -0.2) is 52.4 Å². The molecule has 0 aliphatic carbocycles. The highest BCUT2D eigenvalue weighted by Gasteiger charge is 2.21. The molecule has 2 atom stereocenters. The van der Waals surface area contributed by atoms with Crippen molar-refractivity contribution in [2.24, 2.45) is 0 Å². The Morgan fingerprint density at radius 2 is 2.11 bits per heavy atom. The molecule has 0 amide bonds. The molecule has 0 bridgehead atoms. The summed E-state index contributed by atoms with van der Waals surface area (Å²) in [7, 11) is 0. The number of aliphatic hydroxyl groups is 1. The van der Waals surface area contributed by atoms with Gasteiger partial charge in [0.25, 0.3) is 0 Å². The van der Waals surface area contributed by atoms with E-state index in [-0.39, 0.29) is 18.7 Å². The van der Waals surface area contributed by atoms with Crippen LogP contribution >= 0.6 is 23.2 Å². The maximum absolute atomic E-state index is 9.45. The van der Waals surface area contributed by atoms with Gasteiger partial charge in [-0.25, -0.2) is 4.68 Å². The predicted octanol–water partition coefficient (Wildman–Crippen LogP) is 3.12. The molecule has 27 heavy (non-hydrogen) atoms.